The van der Waals surface area contributed by atoms with Crippen LogP contribution in [0.1, 0.15) is 62.7 Å². The molecule has 0 spiro atoms. The van der Waals surface area contributed by atoms with Gasteiger partial charge >= 0.3 is 6.36 Å². The van der Waals surface area contributed by atoms with Crippen molar-refractivity contribution in [2.75, 3.05) is 11.5 Å². The summed E-state index contributed by atoms with van der Waals surface area (Å²) in [5.41, 5.74) is -1.58. The number of hydrogen-bond acceptors (Lipinski definition) is 7. The molecule has 0 unspecified atom stereocenters. The summed E-state index contributed by atoms with van der Waals surface area (Å²) in [5, 5.41) is 15.4. The first-order valence-corrected chi connectivity index (χ1v) is 13.9. The largest absolute Gasteiger partial charge is 0.573 e. The van der Waals surface area contributed by atoms with E-state index in [4.69, 9.17) is 16.3 Å². The van der Waals surface area contributed by atoms with Crippen LogP contribution in [-0.4, -0.2) is 64.1 Å². The molecule has 5 rings (SSSR count). The molecule has 0 radical (unpaired) electrons. The van der Waals surface area contributed by atoms with Crippen molar-refractivity contribution in [1.82, 2.24) is 15.6 Å². The van der Waals surface area contributed by atoms with E-state index in [0.717, 1.165) is 37.6 Å². The topological polar surface area (TPSA) is 113 Å². The van der Waals surface area contributed by atoms with Crippen molar-refractivity contribution < 1.29 is 37.3 Å². The molecular formula is C28H32ClF3N4O5. The molecule has 1 aliphatic carbocycles. The van der Waals surface area contributed by atoms with Crippen LogP contribution in [0, 0.1) is 0 Å². The highest BCUT2D eigenvalue weighted by Crippen LogP contribution is 2.40. The number of amides is 2. The predicted molar refractivity (Wildman–Crippen MR) is 144 cm³/mol. The number of nitrogens with one attached hydrogen (secondary N) is 2. The summed E-state index contributed by atoms with van der Waals surface area (Å²) >= 11 is 5.83. The third kappa shape index (κ3) is 6.64. The summed E-state index contributed by atoms with van der Waals surface area (Å²) in [6.07, 6.45) is 1.25. The van der Waals surface area contributed by atoms with Gasteiger partial charge in [-0.15, -0.1) is 13.2 Å². The molecule has 9 nitrogen and oxygen atoms in total. The summed E-state index contributed by atoms with van der Waals surface area (Å²) in [7, 11) is 0. The Hall–Kier alpha value is -3.25. The average molecular weight is 597 g/mol. The molecule has 2 saturated heterocycles. The van der Waals surface area contributed by atoms with E-state index < -0.39 is 29.2 Å². The van der Waals surface area contributed by atoms with Gasteiger partial charge in [-0.05, 0) is 76.6 Å². The maximum atomic E-state index is 13.2. The minimum Gasteiger partial charge on any atom is -0.474 e. The molecular weight excluding hydrogens is 565 g/mol. The van der Waals surface area contributed by atoms with Crippen molar-refractivity contribution >= 4 is 29.2 Å². The van der Waals surface area contributed by atoms with Gasteiger partial charge in [-0.3, -0.25) is 9.59 Å². The third-order valence-electron chi connectivity index (χ3n) is 7.92. The number of aliphatic hydroxyl groups excluding tert-OH is 1. The molecule has 3 atom stereocenters. The molecule has 222 valence electrons. The second kappa shape index (κ2) is 10.9. The number of nitrogens with zero attached hydrogens (tertiary/aromatic N) is 2. The zero-order chi connectivity index (χ0) is 29.6. The number of ether oxygens (including phenoxy) is 2. The highest BCUT2D eigenvalue weighted by molar-refractivity contribution is 6.30. The van der Waals surface area contributed by atoms with Gasteiger partial charge < -0.3 is 30.1 Å². The van der Waals surface area contributed by atoms with E-state index in [1.165, 1.54) is 26.0 Å². The number of rotatable bonds is 9. The van der Waals surface area contributed by atoms with E-state index >= 15 is 0 Å². The number of piperidine rings is 1. The summed E-state index contributed by atoms with van der Waals surface area (Å²) in [5.74, 6) is -0.860. The molecule has 2 aliphatic heterocycles. The Bertz CT molecular complexity index is 1290. The van der Waals surface area contributed by atoms with Gasteiger partial charge in [-0.25, -0.2) is 4.98 Å². The third-order valence-corrected chi connectivity index (χ3v) is 8.16. The summed E-state index contributed by atoms with van der Waals surface area (Å²) < 4.78 is 48.4. The van der Waals surface area contributed by atoms with Gasteiger partial charge in [0.2, 0.25) is 0 Å². The maximum absolute atomic E-state index is 13.2. The standard InChI is InChI=1S/C28H32ClF3N4O5/c1-26(2,40-21-7-4-17(29)11-22(21)41-28(30,31)32)25(39)34-18-12-19-5-6-20(13-18)36(19)23-8-3-16(14-33-23)24(38)35-27(15-37)9-10-27/h3-4,7-8,11,14,18-20,37H,5-6,9-10,12-13,15H2,1-2H3,(H,34,39)(H,35,38)/t18-,19+,20-. The second-order valence-corrected chi connectivity index (χ2v) is 11.9. The number of aliphatic hydroxyl groups is 1. The fourth-order valence-electron chi connectivity index (χ4n) is 5.58. The van der Waals surface area contributed by atoms with E-state index in [2.05, 4.69) is 25.3 Å². The molecule has 2 aromatic rings. The number of hydrogen-bond donors (Lipinski definition) is 3. The summed E-state index contributed by atoms with van der Waals surface area (Å²) in [6, 6.07) is 7.21. The molecule has 2 amide bonds. The molecule has 1 aromatic carbocycles. The van der Waals surface area contributed by atoms with E-state index in [1.54, 1.807) is 12.3 Å². The number of carbonyl (C=O) groups excluding carboxylic acids is 2. The molecule has 1 saturated carbocycles. The van der Waals surface area contributed by atoms with Gasteiger partial charge in [0.15, 0.2) is 17.1 Å². The quantitative estimate of drug-likeness (QED) is 0.394. The van der Waals surface area contributed by atoms with Gasteiger partial charge in [-0.2, -0.15) is 0 Å². The molecule has 41 heavy (non-hydrogen) atoms. The Kier molecular flexibility index (Phi) is 7.75. The Labute approximate surface area is 240 Å². The van der Waals surface area contributed by atoms with Crippen molar-refractivity contribution in [3.8, 4) is 11.5 Å². The van der Waals surface area contributed by atoms with Gasteiger partial charge in [-0.1, -0.05) is 11.6 Å². The normalized spacial score (nSPS) is 23.1. The first kappa shape index (κ1) is 29.2. The second-order valence-electron chi connectivity index (χ2n) is 11.5. The Morgan fingerprint density at radius 2 is 1.78 bits per heavy atom. The fraction of sp³-hybridized carbons (Fsp3) is 0.536. The van der Waals surface area contributed by atoms with Crippen molar-refractivity contribution in [2.45, 2.75) is 88.0 Å². The summed E-state index contributed by atoms with van der Waals surface area (Å²) in [6.45, 7) is 2.87. The fourth-order valence-corrected chi connectivity index (χ4v) is 5.74. The number of carbonyl (C=O) groups is 2. The van der Waals surface area contributed by atoms with Crippen molar-refractivity contribution in [3.63, 3.8) is 0 Å². The lowest BCUT2D eigenvalue weighted by atomic mass is 9.96. The van der Waals surface area contributed by atoms with E-state index in [0.29, 0.717) is 18.4 Å². The molecule has 13 heteroatoms. The lowest BCUT2D eigenvalue weighted by molar-refractivity contribution is -0.275. The lowest BCUT2D eigenvalue weighted by Gasteiger charge is -2.41. The predicted octanol–water partition coefficient (Wildman–Crippen LogP) is 4.36. The van der Waals surface area contributed by atoms with Crippen LogP contribution in [-0.2, 0) is 4.79 Å². The molecule has 3 heterocycles. The maximum Gasteiger partial charge on any atom is 0.573 e. The molecule has 3 fully saturated rings. The number of pyridine rings is 1. The molecule has 2 bridgehead atoms. The van der Waals surface area contributed by atoms with E-state index in [-0.39, 0.29) is 41.4 Å². The number of fused-ring (bicyclic) bond motifs is 2. The number of anilines is 1. The average Bonchev–Trinajstić information content (AvgIpc) is 3.62. The zero-order valence-electron chi connectivity index (χ0n) is 22.6. The zero-order valence-corrected chi connectivity index (χ0v) is 23.4. The van der Waals surface area contributed by atoms with Crippen molar-refractivity contribution in [1.29, 1.82) is 0 Å². The first-order valence-electron chi connectivity index (χ1n) is 13.5. The molecule has 3 aliphatic rings. The molecule has 1 aromatic heterocycles. The minimum atomic E-state index is -4.95. The van der Waals surface area contributed by atoms with Crippen LogP contribution in [0.25, 0.3) is 0 Å². The van der Waals surface area contributed by atoms with Crippen LogP contribution in [0.3, 0.4) is 0 Å². The van der Waals surface area contributed by atoms with Gasteiger partial charge in [0.1, 0.15) is 5.82 Å². The van der Waals surface area contributed by atoms with E-state index in [1.807, 2.05) is 6.07 Å². The number of halogens is 4. The Balaban J connectivity index is 1.20. The number of aromatic nitrogens is 1. The minimum absolute atomic E-state index is 0.0295. The van der Waals surface area contributed by atoms with Crippen LogP contribution >= 0.6 is 11.6 Å². The Morgan fingerprint density at radius 1 is 1.10 bits per heavy atom. The SMILES string of the molecule is CC(C)(Oc1ccc(Cl)cc1OC(F)(F)F)C(=O)N[C@H]1C[C@H]2CC[C@@H](C1)N2c1ccc(C(=O)NC2(CO)CC2)cn1. The van der Waals surface area contributed by atoms with Crippen molar-refractivity contribution in [2.24, 2.45) is 0 Å². The highest BCUT2D eigenvalue weighted by Gasteiger charge is 2.45. The van der Waals surface area contributed by atoms with Gasteiger partial charge in [0, 0.05) is 35.4 Å². The monoisotopic (exact) mass is 596 g/mol. The summed E-state index contributed by atoms with van der Waals surface area (Å²) in [4.78, 5) is 32.5. The number of alkyl halides is 3. The highest BCUT2D eigenvalue weighted by atomic mass is 35.5. The van der Waals surface area contributed by atoms with Gasteiger partial charge in [0.05, 0.1) is 17.7 Å². The van der Waals surface area contributed by atoms with Crippen LogP contribution in [0.4, 0.5) is 19.0 Å². The smallest absolute Gasteiger partial charge is 0.474 e. The van der Waals surface area contributed by atoms with Crippen LogP contribution in [0.2, 0.25) is 5.02 Å². The lowest BCUT2D eigenvalue weighted by Crippen LogP contribution is -2.55. The van der Waals surface area contributed by atoms with Gasteiger partial charge in [0.25, 0.3) is 11.8 Å². The van der Waals surface area contributed by atoms with Crippen molar-refractivity contribution in [3.05, 3.63) is 47.1 Å². The molecule has 3 N–H and O–H groups in total. The van der Waals surface area contributed by atoms with Crippen LogP contribution in [0.5, 0.6) is 11.5 Å². The van der Waals surface area contributed by atoms with E-state index in [9.17, 15) is 27.9 Å². The first-order chi connectivity index (χ1) is 19.3. The van der Waals surface area contributed by atoms with Crippen LogP contribution in [0.15, 0.2) is 36.5 Å². The Morgan fingerprint density at radius 3 is 2.34 bits per heavy atom. The van der Waals surface area contributed by atoms with Crippen LogP contribution < -0.4 is 25.0 Å². The number of benzene rings is 1.